The van der Waals surface area contributed by atoms with Crippen molar-refractivity contribution >= 4 is 5.91 Å². The number of carbonyl (C=O) groups excluding carboxylic acids is 1. The summed E-state index contributed by atoms with van der Waals surface area (Å²) >= 11 is 0. The van der Waals surface area contributed by atoms with E-state index in [1.807, 2.05) is 0 Å². The summed E-state index contributed by atoms with van der Waals surface area (Å²) in [5.41, 5.74) is 3.56. The summed E-state index contributed by atoms with van der Waals surface area (Å²) in [6.45, 7) is -0.485. The fraction of sp³-hybridized carbons (Fsp3) is 0.417. The Morgan fingerprint density at radius 2 is 1.76 bits per heavy atom. The van der Waals surface area contributed by atoms with Gasteiger partial charge in [-0.15, -0.1) is 0 Å². The van der Waals surface area contributed by atoms with Gasteiger partial charge in [-0.3, -0.25) is 4.79 Å². The predicted octanol–water partition coefficient (Wildman–Crippen LogP) is 3.53. The summed E-state index contributed by atoms with van der Waals surface area (Å²) in [5, 5.41) is 0. The van der Waals surface area contributed by atoms with E-state index >= 15 is 0 Å². The van der Waals surface area contributed by atoms with Gasteiger partial charge in [-0.2, -0.15) is 26.3 Å². The molecule has 1 aromatic rings. The maximum Gasteiger partial charge on any atom is 0.416 e. The van der Waals surface area contributed by atoms with Gasteiger partial charge < -0.3 is 10.5 Å². The number of benzene rings is 1. The molecule has 0 spiro atoms. The molecule has 0 heterocycles. The van der Waals surface area contributed by atoms with Crippen molar-refractivity contribution in [2.45, 2.75) is 25.2 Å². The number of hydrogen-bond acceptors (Lipinski definition) is 2. The SMILES string of the molecule is NC(=O)c1ccc(C(F)(F)F)cc1OCCCC(F)(F)F. The van der Waals surface area contributed by atoms with Crippen LogP contribution >= 0.6 is 0 Å². The molecule has 0 aliphatic rings. The Labute approximate surface area is 115 Å². The van der Waals surface area contributed by atoms with E-state index in [9.17, 15) is 31.1 Å². The molecule has 1 amide bonds. The second kappa shape index (κ2) is 6.23. The fourth-order valence-corrected chi connectivity index (χ4v) is 1.48. The molecule has 0 fully saturated rings. The van der Waals surface area contributed by atoms with Gasteiger partial charge in [0.2, 0.25) is 0 Å². The highest BCUT2D eigenvalue weighted by Gasteiger charge is 2.32. The van der Waals surface area contributed by atoms with Gasteiger partial charge in [0.1, 0.15) is 5.75 Å². The topological polar surface area (TPSA) is 52.3 Å². The molecule has 2 N–H and O–H groups in total. The standard InChI is InChI=1S/C12H11F6NO2/c13-11(14,15)4-1-5-21-9-6-7(12(16,17)18)2-3-8(9)10(19)20/h2-3,6H,1,4-5H2,(H2,19,20). The van der Waals surface area contributed by atoms with Crippen molar-refractivity contribution in [2.24, 2.45) is 5.73 Å². The molecule has 0 bridgehead atoms. The van der Waals surface area contributed by atoms with Gasteiger partial charge in [-0.25, -0.2) is 0 Å². The average Bonchev–Trinajstić information content (AvgIpc) is 2.32. The van der Waals surface area contributed by atoms with Crippen molar-refractivity contribution in [2.75, 3.05) is 6.61 Å². The molecule has 0 aromatic heterocycles. The summed E-state index contributed by atoms with van der Waals surface area (Å²) in [4.78, 5) is 11.1. The lowest BCUT2D eigenvalue weighted by Crippen LogP contribution is -2.16. The fourth-order valence-electron chi connectivity index (χ4n) is 1.48. The van der Waals surface area contributed by atoms with Crippen molar-refractivity contribution in [3.8, 4) is 5.75 Å². The van der Waals surface area contributed by atoms with Gasteiger partial charge in [0, 0.05) is 6.42 Å². The maximum absolute atomic E-state index is 12.5. The zero-order valence-corrected chi connectivity index (χ0v) is 10.5. The third-order valence-electron chi connectivity index (χ3n) is 2.44. The first-order valence-electron chi connectivity index (χ1n) is 5.71. The first-order chi connectivity index (χ1) is 9.50. The second-order valence-electron chi connectivity index (χ2n) is 4.14. The van der Waals surface area contributed by atoms with Crippen LogP contribution in [0.4, 0.5) is 26.3 Å². The molecule has 1 aromatic carbocycles. The average molecular weight is 315 g/mol. The quantitative estimate of drug-likeness (QED) is 0.667. The van der Waals surface area contributed by atoms with Crippen LogP contribution in [0.3, 0.4) is 0 Å². The van der Waals surface area contributed by atoms with Crippen molar-refractivity contribution < 1.29 is 35.9 Å². The molecule has 3 nitrogen and oxygen atoms in total. The molecule has 1 rings (SSSR count). The van der Waals surface area contributed by atoms with Crippen LogP contribution in [0, 0.1) is 0 Å². The van der Waals surface area contributed by atoms with E-state index in [0.29, 0.717) is 12.1 Å². The number of rotatable bonds is 5. The van der Waals surface area contributed by atoms with Crippen molar-refractivity contribution in [3.05, 3.63) is 29.3 Å². The zero-order valence-electron chi connectivity index (χ0n) is 10.5. The van der Waals surface area contributed by atoms with Crippen LogP contribution < -0.4 is 10.5 Å². The molecule has 0 unspecified atom stereocenters. The Hall–Kier alpha value is -1.93. The number of halogens is 6. The lowest BCUT2D eigenvalue weighted by molar-refractivity contribution is -0.137. The first kappa shape index (κ1) is 17.1. The molecule has 9 heteroatoms. The van der Waals surface area contributed by atoms with Gasteiger partial charge in [0.25, 0.3) is 5.91 Å². The lowest BCUT2D eigenvalue weighted by Gasteiger charge is -2.13. The molecule has 0 aliphatic carbocycles. The number of ether oxygens (including phenoxy) is 1. The van der Waals surface area contributed by atoms with Crippen LogP contribution in [-0.4, -0.2) is 18.7 Å². The Bertz CT molecular complexity index is 509. The number of carbonyl (C=O) groups is 1. The highest BCUT2D eigenvalue weighted by Crippen LogP contribution is 2.33. The zero-order chi connectivity index (χ0) is 16.3. The third kappa shape index (κ3) is 5.52. The van der Waals surface area contributed by atoms with E-state index in [-0.39, 0.29) is 5.56 Å². The van der Waals surface area contributed by atoms with E-state index < -0.39 is 49.0 Å². The molecular formula is C12H11F6NO2. The smallest absolute Gasteiger partial charge is 0.416 e. The van der Waals surface area contributed by atoms with E-state index in [1.165, 1.54) is 0 Å². The molecule has 118 valence electrons. The highest BCUT2D eigenvalue weighted by atomic mass is 19.4. The molecule has 0 saturated carbocycles. The minimum Gasteiger partial charge on any atom is -0.493 e. The largest absolute Gasteiger partial charge is 0.493 e. The van der Waals surface area contributed by atoms with E-state index in [1.54, 1.807) is 0 Å². The summed E-state index contributed by atoms with van der Waals surface area (Å²) in [5.74, 6) is -1.52. The van der Waals surface area contributed by atoms with Gasteiger partial charge in [0.05, 0.1) is 17.7 Å². The van der Waals surface area contributed by atoms with Crippen LogP contribution in [0.25, 0.3) is 0 Å². The number of nitrogens with two attached hydrogens (primary N) is 1. The third-order valence-corrected chi connectivity index (χ3v) is 2.44. The van der Waals surface area contributed by atoms with Crippen LogP contribution in [-0.2, 0) is 6.18 Å². The Morgan fingerprint density at radius 3 is 2.24 bits per heavy atom. The van der Waals surface area contributed by atoms with Gasteiger partial charge >= 0.3 is 12.4 Å². The van der Waals surface area contributed by atoms with E-state index in [0.717, 1.165) is 6.07 Å². The van der Waals surface area contributed by atoms with E-state index in [2.05, 4.69) is 0 Å². The molecule has 0 radical (unpaired) electrons. The Morgan fingerprint density at radius 1 is 1.14 bits per heavy atom. The Kier molecular flexibility index (Phi) is 5.08. The van der Waals surface area contributed by atoms with Crippen molar-refractivity contribution in [3.63, 3.8) is 0 Å². The van der Waals surface area contributed by atoms with Crippen LogP contribution in [0.5, 0.6) is 5.75 Å². The molecule has 0 atom stereocenters. The number of alkyl halides is 6. The Balaban J connectivity index is 2.85. The molecule has 0 aliphatic heterocycles. The maximum atomic E-state index is 12.5. The molecule has 0 saturated heterocycles. The van der Waals surface area contributed by atoms with Gasteiger partial charge in [0.15, 0.2) is 0 Å². The first-order valence-corrected chi connectivity index (χ1v) is 5.71. The molecule has 21 heavy (non-hydrogen) atoms. The van der Waals surface area contributed by atoms with Crippen LogP contribution in [0.2, 0.25) is 0 Å². The van der Waals surface area contributed by atoms with Gasteiger partial charge in [-0.1, -0.05) is 0 Å². The minimum atomic E-state index is -4.67. The second-order valence-corrected chi connectivity index (χ2v) is 4.14. The van der Waals surface area contributed by atoms with Crippen molar-refractivity contribution in [1.29, 1.82) is 0 Å². The summed E-state index contributed by atoms with van der Waals surface area (Å²) in [6, 6.07) is 2.00. The van der Waals surface area contributed by atoms with E-state index in [4.69, 9.17) is 10.5 Å². The highest BCUT2D eigenvalue weighted by molar-refractivity contribution is 5.95. The lowest BCUT2D eigenvalue weighted by atomic mass is 10.1. The predicted molar refractivity (Wildman–Crippen MR) is 60.7 cm³/mol. The minimum absolute atomic E-state index is 0.324. The summed E-state index contributed by atoms with van der Waals surface area (Å²) in [6.07, 6.45) is -10.6. The van der Waals surface area contributed by atoms with Gasteiger partial charge in [-0.05, 0) is 24.6 Å². The number of amides is 1. The van der Waals surface area contributed by atoms with Crippen LogP contribution in [0.15, 0.2) is 18.2 Å². The normalized spacial score (nSPS) is 12.3. The summed E-state index contributed by atoms with van der Waals surface area (Å²) in [7, 11) is 0. The van der Waals surface area contributed by atoms with Crippen LogP contribution in [0.1, 0.15) is 28.8 Å². The summed E-state index contributed by atoms with van der Waals surface area (Å²) < 4.78 is 78.2. The number of primary amides is 1. The number of hydrogen-bond donors (Lipinski definition) is 1. The monoisotopic (exact) mass is 315 g/mol. The van der Waals surface area contributed by atoms with Crippen molar-refractivity contribution in [1.82, 2.24) is 0 Å². The molecular weight excluding hydrogens is 304 g/mol.